The Labute approximate surface area is 126 Å². The number of aromatic nitrogens is 2. The molecule has 2 aromatic rings. The lowest BCUT2D eigenvalue weighted by atomic mass is 10.2. The average molecular weight is 310 g/mol. The molecule has 0 spiro atoms. The van der Waals surface area contributed by atoms with Gasteiger partial charge in [-0.25, -0.2) is 4.98 Å². The maximum Gasteiger partial charge on any atom is 0.320 e. The van der Waals surface area contributed by atoms with Gasteiger partial charge in [-0.15, -0.1) is 0 Å². The number of halogens is 1. The van der Waals surface area contributed by atoms with Crippen LogP contribution in [-0.4, -0.2) is 38.4 Å². The zero-order chi connectivity index (χ0) is 15.6. The molecule has 7 heteroatoms. The molecule has 112 valence electrons. The van der Waals surface area contributed by atoms with E-state index in [1.807, 2.05) is 0 Å². The Kier molecular flexibility index (Phi) is 4.59. The molecule has 2 rings (SSSR count). The van der Waals surface area contributed by atoms with E-state index >= 15 is 0 Å². The van der Waals surface area contributed by atoms with Gasteiger partial charge in [-0.1, -0.05) is 18.5 Å². The van der Waals surface area contributed by atoms with Gasteiger partial charge >= 0.3 is 5.97 Å². The normalized spacial score (nSPS) is 12.8. The molecule has 1 N–H and O–H groups in total. The quantitative estimate of drug-likeness (QED) is 0.909. The van der Waals surface area contributed by atoms with Gasteiger partial charge in [0, 0.05) is 18.8 Å². The van der Waals surface area contributed by atoms with Crippen molar-refractivity contribution in [3.05, 3.63) is 45.5 Å². The summed E-state index contributed by atoms with van der Waals surface area (Å²) in [6.07, 6.45) is 1.99. The third-order valence-electron chi connectivity index (χ3n) is 3.29. The van der Waals surface area contributed by atoms with Crippen molar-refractivity contribution in [2.45, 2.75) is 25.9 Å². The van der Waals surface area contributed by atoms with Crippen molar-refractivity contribution in [1.82, 2.24) is 14.3 Å². The zero-order valence-corrected chi connectivity index (χ0v) is 12.5. The minimum absolute atomic E-state index is 0.241. The second-order valence-corrected chi connectivity index (χ2v) is 5.28. The molecule has 0 saturated heterocycles. The van der Waals surface area contributed by atoms with Gasteiger partial charge in [0.15, 0.2) is 0 Å². The summed E-state index contributed by atoms with van der Waals surface area (Å²) in [5.41, 5.74) is 0.775. The summed E-state index contributed by atoms with van der Waals surface area (Å²) in [7, 11) is 1.70. The molecular weight excluding hydrogens is 294 g/mol. The molecule has 0 aliphatic heterocycles. The molecule has 0 aliphatic carbocycles. The van der Waals surface area contributed by atoms with Crippen LogP contribution >= 0.6 is 11.6 Å². The van der Waals surface area contributed by atoms with Crippen LogP contribution in [0.2, 0.25) is 5.02 Å². The largest absolute Gasteiger partial charge is 0.480 e. The topological polar surface area (TPSA) is 74.9 Å². The molecule has 0 aromatic carbocycles. The minimum atomic E-state index is -0.885. The molecule has 0 saturated carbocycles. The molecule has 0 aliphatic rings. The van der Waals surface area contributed by atoms with Crippen molar-refractivity contribution in [3.8, 4) is 0 Å². The molecule has 0 radical (unpaired) electrons. The van der Waals surface area contributed by atoms with Crippen LogP contribution in [-0.2, 0) is 11.3 Å². The number of carboxylic acids is 1. The highest BCUT2D eigenvalue weighted by Gasteiger charge is 2.21. The smallest absolute Gasteiger partial charge is 0.320 e. The number of aliphatic carboxylic acids is 1. The summed E-state index contributed by atoms with van der Waals surface area (Å²) in [6, 6.07) is 4.11. The van der Waals surface area contributed by atoms with Crippen molar-refractivity contribution >= 4 is 23.2 Å². The van der Waals surface area contributed by atoms with E-state index in [4.69, 9.17) is 16.7 Å². The van der Waals surface area contributed by atoms with Crippen LogP contribution in [0, 0.1) is 0 Å². The van der Waals surface area contributed by atoms with Crippen LogP contribution in [0.3, 0.4) is 0 Å². The van der Waals surface area contributed by atoms with E-state index in [0.717, 1.165) is 0 Å². The Morgan fingerprint density at radius 1 is 1.52 bits per heavy atom. The average Bonchev–Trinajstić information content (AvgIpc) is 2.40. The molecule has 0 amide bonds. The lowest BCUT2D eigenvalue weighted by Gasteiger charge is -2.22. The van der Waals surface area contributed by atoms with E-state index in [9.17, 15) is 9.59 Å². The number of pyridine rings is 1. The van der Waals surface area contributed by atoms with Crippen LogP contribution in [0.5, 0.6) is 0 Å². The fourth-order valence-corrected chi connectivity index (χ4v) is 2.41. The van der Waals surface area contributed by atoms with Gasteiger partial charge in [-0.2, -0.15) is 0 Å². The predicted octanol–water partition coefficient (Wildman–Crippen LogP) is 1.64. The first-order valence-corrected chi connectivity index (χ1v) is 6.91. The molecule has 0 fully saturated rings. The van der Waals surface area contributed by atoms with Crippen molar-refractivity contribution in [2.24, 2.45) is 0 Å². The molecule has 2 heterocycles. The Morgan fingerprint density at radius 3 is 2.86 bits per heavy atom. The number of nitrogens with zero attached hydrogens (tertiary/aromatic N) is 3. The number of hydrogen-bond acceptors (Lipinski definition) is 4. The fourth-order valence-electron chi connectivity index (χ4n) is 2.25. The van der Waals surface area contributed by atoms with E-state index in [1.165, 1.54) is 16.7 Å². The first-order valence-electron chi connectivity index (χ1n) is 6.53. The molecule has 0 bridgehead atoms. The van der Waals surface area contributed by atoms with Crippen LogP contribution in [0.25, 0.3) is 5.65 Å². The Morgan fingerprint density at radius 2 is 2.24 bits per heavy atom. The summed E-state index contributed by atoms with van der Waals surface area (Å²) < 4.78 is 1.36. The van der Waals surface area contributed by atoms with Gasteiger partial charge in [0.1, 0.15) is 11.7 Å². The molecule has 1 unspecified atom stereocenters. The summed E-state index contributed by atoms with van der Waals surface area (Å²) in [6.45, 7) is 2.10. The summed E-state index contributed by atoms with van der Waals surface area (Å²) >= 11 is 5.85. The fraction of sp³-hybridized carbons (Fsp3) is 0.357. The first kappa shape index (κ1) is 15.5. The number of carbonyl (C=O) groups is 1. The molecule has 6 nitrogen and oxygen atoms in total. The second-order valence-electron chi connectivity index (χ2n) is 4.84. The maximum absolute atomic E-state index is 12.0. The summed E-state index contributed by atoms with van der Waals surface area (Å²) in [5, 5.41) is 9.59. The third-order valence-corrected chi connectivity index (χ3v) is 3.52. The van der Waals surface area contributed by atoms with Crippen molar-refractivity contribution in [3.63, 3.8) is 0 Å². The van der Waals surface area contributed by atoms with Crippen molar-refractivity contribution in [2.75, 3.05) is 7.05 Å². The lowest BCUT2D eigenvalue weighted by Crippen LogP contribution is -2.37. The number of fused-ring (bicyclic) bond motifs is 1. The maximum atomic E-state index is 12.0. The molecular formula is C14H16ClN3O3. The van der Waals surface area contributed by atoms with E-state index in [0.29, 0.717) is 29.3 Å². The Hall–Kier alpha value is -1.92. The standard InChI is InChI=1S/C14H16ClN3O3/c1-3-11(14(20)21)17(2)8-10-6-13(19)18-7-9(15)4-5-12(18)16-10/h4-7,11H,3,8H2,1-2H3,(H,20,21). The monoisotopic (exact) mass is 309 g/mol. The highest BCUT2D eigenvalue weighted by molar-refractivity contribution is 6.30. The van der Waals surface area contributed by atoms with Gasteiger partial charge < -0.3 is 5.11 Å². The first-order chi connectivity index (χ1) is 9.92. The lowest BCUT2D eigenvalue weighted by molar-refractivity contribution is -0.143. The minimum Gasteiger partial charge on any atom is -0.480 e. The molecule has 21 heavy (non-hydrogen) atoms. The summed E-state index contributed by atoms with van der Waals surface area (Å²) in [4.78, 5) is 29.2. The Bertz CT molecular complexity index is 729. The van der Waals surface area contributed by atoms with Crippen LogP contribution in [0.1, 0.15) is 19.0 Å². The van der Waals surface area contributed by atoms with Crippen LogP contribution < -0.4 is 5.56 Å². The SMILES string of the molecule is CCC(C(=O)O)N(C)Cc1cc(=O)n2cc(Cl)ccc2n1. The zero-order valence-electron chi connectivity index (χ0n) is 11.8. The summed E-state index contributed by atoms with van der Waals surface area (Å²) in [5.74, 6) is -0.885. The molecule has 2 aromatic heterocycles. The molecule has 1 atom stereocenters. The van der Waals surface area contributed by atoms with E-state index in [-0.39, 0.29) is 5.56 Å². The highest BCUT2D eigenvalue weighted by Crippen LogP contribution is 2.10. The van der Waals surface area contributed by atoms with E-state index in [1.54, 1.807) is 31.0 Å². The third kappa shape index (κ3) is 3.40. The van der Waals surface area contributed by atoms with Gasteiger partial charge in [0.05, 0.1) is 10.7 Å². The number of hydrogen-bond donors (Lipinski definition) is 1. The number of rotatable bonds is 5. The van der Waals surface area contributed by atoms with E-state index in [2.05, 4.69) is 4.98 Å². The van der Waals surface area contributed by atoms with Crippen LogP contribution in [0.15, 0.2) is 29.2 Å². The number of carboxylic acid groups (broad SMARTS) is 1. The number of likely N-dealkylation sites (N-methyl/N-ethyl adjacent to an activating group) is 1. The highest BCUT2D eigenvalue weighted by atomic mass is 35.5. The second kappa shape index (κ2) is 6.24. The van der Waals surface area contributed by atoms with Gasteiger partial charge in [-0.05, 0) is 25.6 Å². The van der Waals surface area contributed by atoms with Crippen molar-refractivity contribution < 1.29 is 9.90 Å². The predicted molar refractivity (Wildman–Crippen MR) is 79.7 cm³/mol. The van der Waals surface area contributed by atoms with Crippen molar-refractivity contribution in [1.29, 1.82) is 0 Å². The Balaban J connectivity index is 2.33. The van der Waals surface area contributed by atoms with Gasteiger partial charge in [0.2, 0.25) is 0 Å². The van der Waals surface area contributed by atoms with Gasteiger partial charge in [0.25, 0.3) is 5.56 Å². The van der Waals surface area contributed by atoms with Gasteiger partial charge in [-0.3, -0.25) is 18.9 Å². The van der Waals surface area contributed by atoms with E-state index < -0.39 is 12.0 Å². The van der Waals surface area contributed by atoms with Crippen LogP contribution in [0.4, 0.5) is 0 Å².